The number of hydrogen-bond donors (Lipinski definition) is 0. The van der Waals surface area contributed by atoms with E-state index in [4.69, 9.17) is 0 Å². The predicted octanol–water partition coefficient (Wildman–Crippen LogP) is 2.34. The minimum atomic E-state index is -3.71. The molecule has 1 aliphatic heterocycles. The number of hydrogen-bond acceptors (Lipinski definition) is 4. The minimum absolute atomic E-state index is 0.171. The maximum absolute atomic E-state index is 12.9. The molecule has 5 nitrogen and oxygen atoms in total. The predicted molar refractivity (Wildman–Crippen MR) is 94.1 cm³/mol. The molecule has 25 heavy (non-hydrogen) atoms. The van der Waals surface area contributed by atoms with E-state index >= 15 is 0 Å². The fraction of sp³-hybridized carbons (Fsp3) is 0.263. The van der Waals surface area contributed by atoms with Crippen molar-refractivity contribution < 1.29 is 18.0 Å². The highest BCUT2D eigenvalue weighted by Crippen LogP contribution is 2.36. The summed E-state index contributed by atoms with van der Waals surface area (Å²) in [6.07, 6.45) is 0. The Balaban J connectivity index is 2.11. The lowest BCUT2D eigenvalue weighted by Crippen LogP contribution is -2.54. The number of aryl methyl sites for hydroxylation is 1. The number of likely N-dealkylation sites (N-methyl/N-ethyl adjacent to an activating group) is 1. The van der Waals surface area contributed by atoms with Gasteiger partial charge in [-0.25, -0.2) is 8.42 Å². The Kier molecular flexibility index (Phi) is 4.03. The average molecular weight is 357 g/mol. The number of sulfone groups is 1. The number of nitrogens with zero attached hydrogens (tertiary/aromatic N) is 1. The first-order valence-electron chi connectivity index (χ1n) is 7.88. The monoisotopic (exact) mass is 357 g/mol. The Bertz CT molecular complexity index is 963. The Labute approximate surface area is 147 Å². The summed E-state index contributed by atoms with van der Waals surface area (Å²) in [4.78, 5) is 26.3. The summed E-state index contributed by atoms with van der Waals surface area (Å²) in [6, 6.07) is 13.2. The molecule has 3 rings (SSSR count). The summed E-state index contributed by atoms with van der Waals surface area (Å²) in [7, 11) is -2.32. The minimum Gasteiger partial charge on any atom is -0.281 e. The van der Waals surface area contributed by atoms with E-state index < -0.39 is 32.8 Å². The number of carbonyl (C=O) groups is 2. The number of fused-ring (bicyclic) bond motifs is 1. The van der Waals surface area contributed by atoms with Gasteiger partial charge < -0.3 is 0 Å². The van der Waals surface area contributed by atoms with Crippen LogP contribution in [0.25, 0.3) is 0 Å². The van der Waals surface area contributed by atoms with Crippen LogP contribution in [0.3, 0.4) is 0 Å². The van der Waals surface area contributed by atoms with E-state index in [1.54, 1.807) is 55.5 Å². The van der Waals surface area contributed by atoms with E-state index in [0.29, 0.717) is 11.1 Å². The molecule has 0 spiro atoms. The molecule has 0 aromatic heterocycles. The molecule has 0 saturated carbocycles. The maximum Gasteiger partial charge on any atom is 0.260 e. The zero-order valence-corrected chi connectivity index (χ0v) is 15.1. The van der Waals surface area contributed by atoms with Crippen LogP contribution >= 0.6 is 0 Å². The number of rotatable bonds is 3. The standard InChI is InChI=1S/C19H19NO4S/c1-13-8-10-14(11-9-13)25(23,24)12-19(2)16-7-5-4-6-15(16)17(21)20(3)18(19)22/h4-11H,12H2,1-3H3. The van der Waals surface area contributed by atoms with Crippen LogP contribution in [0.1, 0.15) is 28.4 Å². The smallest absolute Gasteiger partial charge is 0.260 e. The lowest BCUT2D eigenvalue weighted by Gasteiger charge is -2.37. The summed E-state index contributed by atoms with van der Waals surface area (Å²) in [5.74, 6) is -1.31. The molecule has 2 aromatic carbocycles. The van der Waals surface area contributed by atoms with Gasteiger partial charge in [-0.1, -0.05) is 35.9 Å². The van der Waals surface area contributed by atoms with Crippen molar-refractivity contribution in [3.8, 4) is 0 Å². The third-order valence-corrected chi connectivity index (χ3v) is 6.64. The topological polar surface area (TPSA) is 71.5 Å². The van der Waals surface area contributed by atoms with Gasteiger partial charge in [-0.05, 0) is 37.6 Å². The zero-order chi connectivity index (χ0) is 18.4. The zero-order valence-electron chi connectivity index (χ0n) is 14.3. The molecule has 0 radical (unpaired) electrons. The molecular weight excluding hydrogens is 338 g/mol. The molecule has 0 bridgehead atoms. The second-order valence-electron chi connectivity index (χ2n) is 6.62. The molecule has 0 saturated heterocycles. The first kappa shape index (κ1) is 17.4. The molecule has 2 aromatic rings. The van der Waals surface area contributed by atoms with E-state index in [1.807, 2.05) is 6.92 Å². The van der Waals surface area contributed by atoms with Crippen molar-refractivity contribution in [2.24, 2.45) is 0 Å². The van der Waals surface area contributed by atoms with E-state index in [1.165, 1.54) is 7.05 Å². The highest BCUT2D eigenvalue weighted by Gasteiger charge is 2.48. The van der Waals surface area contributed by atoms with Crippen LogP contribution in [0.4, 0.5) is 0 Å². The Morgan fingerprint density at radius 2 is 1.60 bits per heavy atom. The summed E-state index contributed by atoms with van der Waals surface area (Å²) in [5, 5.41) is 0. The molecule has 0 fully saturated rings. The number of imide groups is 1. The van der Waals surface area contributed by atoms with Crippen LogP contribution in [0.15, 0.2) is 53.4 Å². The van der Waals surface area contributed by atoms with Gasteiger partial charge in [0.15, 0.2) is 9.84 Å². The molecule has 0 aliphatic carbocycles. The van der Waals surface area contributed by atoms with Gasteiger partial charge >= 0.3 is 0 Å². The first-order chi connectivity index (χ1) is 11.7. The van der Waals surface area contributed by atoms with Gasteiger partial charge in [-0.15, -0.1) is 0 Å². The summed E-state index contributed by atoms with van der Waals surface area (Å²) < 4.78 is 25.8. The van der Waals surface area contributed by atoms with Crippen LogP contribution in [-0.4, -0.2) is 37.9 Å². The lowest BCUT2D eigenvalue weighted by atomic mass is 9.77. The van der Waals surface area contributed by atoms with Crippen molar-refractivity contribution >= 4 is 21.7 Å². The van der Waals surface area contributed by atoms with Crippen LogP contribution in [0.5, 0.6) is 0 Å². The van der Waals surface area contributed by atoms with Gasteiger partial charge in [0, 0.05) is 12.6 Å². The van der Waals surface area contributed by atoms with Gasteiger partial charge in [0.2, 0.25) is 5.91 Å². The second-order valence-corrected chi connectivity index (χ2v) is 8.61. The van der Waals surface area contributed by atoms with Crippen LogP contribution < -0.4 is 0 Å². The van der Waals surface area contributed by atoms with Crippen molar-refractivity contribution in [3.05, 3.63) is 65.2 Å². The van der Waals surface area contributed by atoms with E-state index in [0.717, 1.165) is 10.5 Å². The van der Waals surface area contributed by atoms with Gasteiger partial charge in [0.1, 0.15) is 0 Å². The van der Waals surface area contributed by atoms with E-state index in [-0.39, 0.29) is 4.90 Å². The third kappa shape index (κ3) is 2.76. The highest BCUT2D eigenvalue weighted by atomic mass is 32.2. The SMILES string of the molecule is Cc1ccc(S(=O)(=O)CC2(C)C(=O)N(C)C(=O)c3ccccc32)cc1. The normalized spacial score (nSPS) is 20.5. The Morgan fingerprint density at radius 1 is 1.00 bits per heavy atom. The molecular formula is C19H19NO4S. The Hall–Kier alpha value is -2.47. The molecule has 1 unspecified atom stereocenters. The number of amides is 2. The molecule has 6 heteroatoms. The van der Waals surface area contributed by atoms with Crippen molar-refractivity contribution in [2.45, 2.75) is 24.2 Å². The fourth-order valence-electron chi connectivity index (χ4n) is 3.26. The van der Waals surface area contributed by atoms with Gasteiger partial charge in [-0.3, -0.25) is 14.5 Å². The summed E-state index contributed by atoms with van der Waals surface area (Å²) in [6.45, 7) is 3.46. The lowest BCUT2D eigenvalue weighted by molar-refractivity contribution is -0.132. The number of carbonyl (C=O) groups excluding carboxylic acids is 2. The average Bonchev–Trinajstić information content (AvgIpc) is 2.58. The Morgan fingerprint density at radius 3 is 2.24 bits per heavy atom. The quantitative estimate of drug-likeness (QED) is 0.791. The molecule has 2 amide bonds. The van der Waals surface area contributed by atoms with Crippen molar-refractivity contribution in [2.75, 3.05) is 12.8 Å². The van der Waals surface area contributed by atoms with Crippen LogP contribution in [-0.2, 0) is 20.0 Å². The van der Waals surface area contributed by atoms with Gasteiger partial charge in [0.25, 0.3) is 5.91 Å². The molecule has 1 atom stereocenters. The van der Waals surface area contributed by atoms with Crippen LogP contribution in [0, 0.1) is 6.92 Å². The fourth-order valence-corrected chi connectivity index (χ4v) is 5.01. The third-order valence-electron chi connectivity index (χ3n) is 4.69. The highest BCUT2D eigenvalue weighted by molar-refractivity contribution is 7.91. The van der Waals surface area contributed by atoms with Crippen LogP contribution in [0.2, 0.25) is 0 Å². The van der Waals surface area contributed by atoms with Gasteiger partial charge in [-0.2, -0.15) is 0 Å². The second kappa shape index (κ2) is 5.81. The molecule has 130 valence electrons. The van der Waals surface area contributed by atoms with Crippen molar-refractivity contribution in [3.63, 3.8) is 0 Å². The summed E-state index contributed by atoms with van der Waals surface area (Å²) >= 11 is 0. The van der Waals surface area contributed by atoms with Crippen molar-refractivity contribution in [1.82, 2.24) is 4.90 Å². The largest absolute Gasteiger partial charge is 0.281 e. The molecule has 1 aliphatic rings. The number of benzene rings is 2. The van der Waals surface area contributed by atoms with E-state index in [9.17, 15) is 18.0 Å². The maximum atomic E-state index is 12.9. The van der Waals surface area contributed by atoms with Gasteiger partial charge in [0.05, 0.1) is 16.1 Å². The molecule has 1 heterocycles. The first-order valence-corrected chi connectivity index (χ1v) is 9.53. The van der Waals surface area contributed by atoms with Crippen molar-refractivity contribution in [1.29, 1.82) is 0 Å². The summed E-state index contributed by atoms with van der Waals surface area (Å²) in [5.41, 5.74) is 0.461. The molecule has 0 N–H and O–H groups in total. The van der Waals surface area contributed by atoms with E-state index in [2.05, 4.69) is 0 Å².